The minimum atomic E-state index is -1.15. The minimum Gasteiger partial charge on any atom is -0.396 e. The molecule has 0 spiro atoms. The summed E-state index contributed by atoms with van der Waals surface area (Å²) >= 11 is 0. The fourth-order valence-corrected chi connectivity index (χ4v) is 2.58. The lowest BCUT2D eigenvalue weighted by Gasteiger charge is -2.32. The second kappa shape index (κ2) is 14.4. The number of carbonyl (C=O) groups is 1. The Balaban J connectivity index is 2.88. The zero-order valence-electron chi connectivity index (χ0n) is 17.1. The van der Waals surface area contributed by atoms with Gasteiger partial charge in [-0.15, -0.1) is 5.10 Å². The molecule has 0 atom stereocenters. The Morgan fingerprint density at radius 2 is 1.57 bits per heavy atom. The van der Waals surface area contributed by atoms with E-state index in [1.807, 2.05) is 0 Å². The summed E-state index contributed by atoms with van der Waals surface area (Å²) in [4.78, 5) is 10.9. The number of hydrogen-bond acceptors (Lipinski definition) is 10. The van der Waals surface area contributed by atoms with Crippen molar-refractivity contribution in [2.24, 2.45) is 17.6 Å². The number of nitrogens with zero attached hydrogens (tertiary/aromatic N) is 3. The third kappa shape index (κ3) is 8.60. The fourth-order valence-electron chi connectivity index (χ4n) is 2.58. The fraction of sp³-hybridized carbons (Fsp3) is 0.833. The Labute approximate surface area is 175 Å². The Bertz CT molecular complexity index is 574. The van der Waals surface area contributed by atoms with Gasteiger partial charge in [0.2, 0.25) is 5.91 Å². The lowest BCUT2D eigenvalue weighted by Crippen LogP contribution is -2.47. The molecule has 0 fully saturated rings. The normalized spacial score (nSPS) is 12.2. The summed E-state index contributed by atoms with van der Waals surface area (Å²) in [5.74, 6) is -1.33. The molecule has 1 aromatic rings. The van der Waals surface area contributed by atoms with Crippen molar-refractivity contribution >= 4 is 5.91 Å². The van der Waals surface area contributed by atoms with Crippen LogP contribution in [0, 0.1) is 11.8 Å². The molecule has 1 aromatic heterocycles. The molecule has 0 aliphatic rings. The van der Waals surface area contributed by atoms with Crippen LogP contribution in [0.15, 0.2) is 6.20 Å². The van der Waals surface area contributed by atoms with Crippen molar-refractivity contribution in [1.82, 2.24) is 15.0 Å². The highest BCUT2D eigenvalue weighted by Crippen LogP contribution is 2.19. The van der Waals surface area contributed by atoms with Crippen molar-refractivity contribution in [3.8, 4) is 0 Å². The predicted molar refractivity (Wildman–Crippen MR) is 104 cm³/mol. The molecule has 0 saturated heterocycles. The first kappa shape index (κ1) is 26.4. The second-order valence-corrected chi connectivity index (χ2v) is 7.35. The molecule has 0 aliphatic carbocycles. The highest BCUT2D eigenvalue weighted by atomic mass is 16.5. The number of primary amides is 1. The molecule has 0 saturated carbocycles. The number of aliphatic hydroxyl groups is 5. The Morgan fingerprint density at radius 1 is 1.03 bits per heavy atom. The van der Waals surface area contributed by atoms with Crippen LogP contribution >= 0.6 is 0 Å². The molecule has 0 aromatic carbocycles. The number of carbonyl (C=O) groups excluding carboxylic acids is 1. The van der Waals surface area contributed by atoms with Crippen molar-refractivity contribution in [3.05, 3.63) is 11.9 Å². The van der Waals surface area contributed by atoms with Crippen LogP contribution in [-0.4, -0.2) is 106 Å². The van der Waals surface area contributed by atoms with E-state index in [0.29, 0.717) is 18.5 Å². The molecule has 30 heavy (non-hydrogen) atoms. The molecule has 0 unspecified atom stereocenters. The maximum atomic E-state index is 10.9. The first-order valence-electron chi connectivity index (χ1n) is 9.84. The minimum absolute atomic E-state index is 0.0486. The molecule has 0 radical (unpaired) electrons. The second-order valence-electron chi connectivity index (χ2n) is 7.35. The Morgan fingerprint density at radius 3 is 2.00 bits per heavy atom. The molecule has 0 bridgehead atoms. The maximum absolute atomic E-state index is 10.9. The van der Waals surface area contributed by atoms with E-state index in [4.69, 9.17) is 15.2 Å². The first-order valence-corrected chi connectivity index (χ1v) is 9.84. The van der Waals surface area contributed by atoms with Crippen LogP contribution in [0.5, 0.6) is 0 Å². The average Bonchev–Trinajstić information content (AvgIpc) is 3.22. The van der Waals surface area contributed by atoms with Gasteiger partial charge in [-0.2, -0.15) is 0 Å². The summed E-state index contributed by atoms with van der Waals surface area (Å²) in [5, 5.41) is 55.0. The van der Waals surface area contributed by atoms with Crippen molar-refractivity contribution in [2.75, 3.05) is 59.5 Å². The third-order valence-electron chi connectivity index (χ3n) is 4.66. The van der Waals surface area contributed by atoms with Gasteiger partial charge in [-0.05, 0) is 12.8 Å². The van der Waals surface area contributed by atoms with Gasteiger partial charge in [0.15, 0.2) is 0 Å². The van der Waals surface area contributed by atoms with Crippen molar-refractivity contribution in [2.45, 2.75) is 24.8 Å². The molecule has 1 heterocycles. The van der Waals surface area contributed by atoms with Crippen LogP contribution in [0.25, 0.3) is 0 Å². The van der Waals surface area contributed by atoms with E-state index in [1.165, 1.54) is 4.68 Å². The molecular weight excluding hydrogens is 400 g/mol. The lowest BCUT2D eigenvalue weighted by atomic mass is 10.0. The number of amides is 1. The van der Waals surface area contributed by atoms with Gasteiger partial charge >= 0.3 is 0 Å². The number of nitrogens with two attached hydrogens (primary N) is 1. The smallest absolute Gasteiger partial charge is 0.217 e. The van der Waals surface area contributed by atoms with E-state index in [9.17, 15) is 30.3 Å². The topological polar surface area (TPSA) is 193 Å². The summed E-state index contributed by atoms with van der Waals surface area (Å²) < 4.78 is 12.6. The number of aryl methyl sites for hydroxylation is 1. The molecule has 1 amide bonds. The summed E-state index contributed by atoms with van der Waals surface area (Å²) in [6, 6.07) is 0. The number of aromatic nitrogens is 3. The maximum Gasteiger partial charge on any atom is 0.217 e. The summed E-state index contributed by atoms with van der Waals surface area (Å²) in [6.07, 6.45) is 2.82. The zero-order valence-corrected chi connectivity index (χ0v) is 17.1. The van der Waals surface area contributed by atoms with Crippen LogP contribution in [0.4, 0.5) is 0 Å². The van der Waals surface area contributed by atoms with Gasteiger partial charge < -0.3 is 40.7 Å². The SMILES string of the molecule is NC(=O)CCCc1cn(C(CO)(COCC(CO)CO)COCC(CO)CO)nn1. The van der Waals surface area contributed by atoms with Crippen molar-refractivity contribution in [3.63, 3.8) is 0 Å². The summed E-state index contributed by atoms with van der Waals surface area (Å²) in [6.45, 7) is -1.39. The monoisotopic (exact) mass is 434 g/mol. The Hall–Kier alpha value is -1.67. The standard InChI is InChI=1S/C18H34N4O8/c19-17(28)3-1-2-16-4-22(21-20-16)18(11-27,12-29-9-14(5-23)6-24)13-30-10-15(7-25)8-26/h4,14-15,23-27H,1-3,5-13H2,(H2,19,28). The molecule has 12 heteroatoms. The van der Waals surface area contributed by atoms with Gasteiger partial charge in [0.25, 0.3) is 0 Å². The van der Waals surface area contributed by atoms with E-state index in [0.717, 1.165) is 0 Å². The van der Waals surface area contributed by atoms with Gasteiger partial charge in [-0.1, -0.05) is 5.21 Å². The highest BCUT2D eigenvalue weighted by Gasteiger charge is 2.35. The predicted octanol–water partition coefficient (Wildman–Crippen LogP) is -2.99. The van der Waals surface area contributed by atoms with E-state index in [1.54, 1.807) is 6.20 Å². The highest BCUT2D eigenvalue weighted by molar-refractivity contribution is 5.73. The van der Waals surface area contributed by atoms with E-state index >= 15 is 0 Å². The molecule has 174 valence electrons. The van der Waals surface area contributed by atoms with Crippen LogP contribution in [0.3, 0.4) is 0 Å². The lowest BCUT2D eigenvalue weighted by molar-refractivity contribution is -0.118. The van der Waals surface area contributed by atoms with Crippen LogP contribution < -0.4 is 5.73 Å². The van der Waals surface area contributed by atoms with Gasteiger partial charge in [0, 0.05) is 24.5 Å². The van der Waals surface area contributed by atoms with E-state index < -0.39 is 29.9 Å². The van der Waals surface area contributed by atoms with Crippen molar-refractivity contribution in [1.29, 1.82) is 0 Å². The zero-order chi connectivity index (χ0) is 22.4. The number of hydrogen-bond donors (Lipinski definition) is 6. The molecule has 0 aliphatic heterocycles. The van der Waals surface area contributed by atoms with Crippen LogP contribution in [0.2, 0.25) is 0 Å². The summed E-state index contributed by atoms with van der Waals surface area (Å²) in [7, 11) is 0. The molecule has 1 rings (SSSR count). The quantitative estimate of drug-likeness (QED) is 0.139. The average molecular weight is 434 g/mol. The molecule has 12 nitrogen and oxygen atoms in total. The van der Waals surface area contributed by atoms with Gasteiger partial charge in [0.05, 0.1) is 65.2 Å². The summed E-state index contributed by atoms with van der Waals surface area (Å²) in [5.41, 5.74) is 4.58. The third-order valence-corrected chi connectivity index (χ3v) is 4.66. The Kier molecular flexibility index (Phi) is 12.6. The first-order chi connectivity index (χ1) is 14.4. The van der Waals surface area contributed by atoms with Gasteiger partial charge in [-0.25, -0.2) is 4.68 Å². The number of ether oxygens (including phenoxy) is 2. The largest absolute Gasteiger partial charge is 0.396 e. The van der Waals surface area contributed by atoms with E-state index in [2.05, 4.69) is 10.3 Å². The van der Waals surface area contributed by atoms with Crippen LogP contribution in [-0.2, 0) is 26.2 Å². The molecular formula is C18H34N4O8. The van der Waals surface area contributed by atoms with Gasteiger partial charge in [0.1, 0.15) is 5.54 Å². The van der Waals surface area contributed by atoms with Gasteiger partial charge in [-0.3, -0.25) is 4.79 Å². The van der Waals surface area contributed by atoms with E-state index in [-0.39, 0.29) is 59.3 Å². The number of aliphatic hydroxyl groups excluding tert-OH is 5. The van der Waals surface area contributed by atoms with Crippen molar-refractivity contribution < 1.29 is 39.8 Å². The van der Waals surface area contributed by atoms with Crippen LogP contribution in [0.1, 0.15) is 18.5 Å². The number of rotatable bonds is 18. The molecule has 7 N–H and O–H groups in total.